The second kappa shape index (κ2) is 9.06. The van der Waals surface area contributed by atoms with Crippen molar-refractivity contribution in [1.82, 2.24) is 0 Å². The standard InChI is InChI=1S/C30H29N/c1-22-5-11-26(12-6-22)13-14-27-19-25(4)20-30(21-27)31(28-15-7-23(2)8-16-28)29-17-9-24(3)10-18-29/h5-21H,1-4H3. The molecule has 4 aromatic carbocycles. The molecule has 0 saturated heterocycles. The van der Waals surface area contributed by atoms with E-state index >= 15 is 0 Å². The number of benzene rings is 4. The third-order valence-corrected chi connectivity index (χ3v) is 5.47. The summed E-state index contributed by atoms with van der Waals surface area (Å²) in [6.45, 7) is 8.53. The van der Waals surface area contributed by atoms with Crippen molar-refractivity contribution in [2.75, 3.05) is 4.90 Å². The first kappa shape index (κ1) is 20.7. The summed E-state index contributed by atoms with van der Waals surface area (Å²) in [7, 11) is 0. The van der Waals surface area contributed by atoms with E-state index in [4.69, 9.17) is 0 Å². The number of nitrogens with zero attached hydrogens (tertiary/aromatic N) is 1. The maximum atomic E-state index is 2.33. The Balaban J connectivity index is 1.76. The van der Waals surface area contributed by atoms with Crippen molar-refractivity contribution in [2.45, 2.75) is 27.7 Å². The van der Waals surface area contributed by atoms with Crippen LogP contribution in [-0.2, 0) is 0 Å². The molecule has 154 valence electrons. The molecule has 0 amide bonds. The molecule has 0 atom stereocenters. The van der Waals surface area contributed by atoms with Gasteiger partial charge in [-0.05, 0) is 80.8 Å². The summed E-state index contributed by atoms with van der Waals surface area (Å²) >= 11 is 0. The van der Waals surface area contributed by atoms with Crippen LogP contribution in [0.15, 0.2) is 91.0 Å². The first-order valence-corrected chi connectivity index (χ1v) is 10.8. The molecule has 4 rings (SSSR count). The topological polar surface area (TPSA) is 3.24 Å². The fourth-order valence-corrected chi connectivity index (χ4v) is 3.72. The minimum absolute atomic E-state index is 1.16. The lowest BCUT2D eigenvalue weighted by atomic mass is 10.1. The second-order valence-electron chi connectivity index (χ2n) is 8.35. The lowest BCUT2D eigenvalue weighted by Crippen LogP contribution is -2.10. The van der Waals surface area contributed by atoms with E-state index in [2.05, 4.69) is 136 Å². The maximum absolute atomic E-state index is 2.33. The summed E-state index contributed by atoms with van der Waals surface area (Å²) in [4.78, 5) is 2.33. The molecule has 0 unspecified atom stereocenters. The van der Waals surface area contributed by atoms with Crippen molar-refractivity contribution in [1.29, 1.82) is 0 Å². The van der Waals surface area contributed by atoms with E-state index in [1.165, 1.54) is 33.4 Å². The molecule has 0 aliphatic heterocycles. The molecule has 31 heavy (non-hydrogen) atoms. The van der Waals surface area contributed by atoms with Gasteiger partial charge in [-0.25, -0.2) is 0 Å². The zero-order valence-corrected chi connectivity index (χ0v) is 18.8. The van der Waals surface area contributed by atoms with E-state index in [1.807, 2.05) is 0 Å². The molecule has 4 aromatic rings. The fourth-order valence-electron chi connectivity index (χ4n) is 3.72. The molecule has 0 fully saturated rings. The lowest BCUT2D eigenvalue weighted by Gasteiger charge is -2.26. The van der Waals surface area contributed by atoms with Crippen molar-refractivity contribution in [2.24, 2.45) is 0 Å². The molecule has 0 heterocycles. The Bertz CT molecular complexity index is 1140. The molecule has 0 aliphatic carbocycles. The van der Waals surface area contributed by atoms with Gasteiger partial charge in [0.1, 0.15) is 0 Å². The third kappa shape index (κ3) is 5.13. The number of rotatable bonds is 5. The van der Waals surface area contributed by atoms with Crippen LogP contribution in [0.25, 0.3) is 12.2 Å². The summed E-state index contributed by atoms with van der Waals surface area (Å²) < 4.78 is 0. The van der Waals surface area contributed by atoms with Crippen LogP contribution in [0.4, 0.5) is 17.1 Å². The minimum Gasteiger partial charge on any atom is -0.310 e. The highest BCUT2D eigenvalue weighted by Gasteiger charge is 2.13. The van der Waals surface area contributed by atoms with Crippen LogP contribution in [0.5, 0.6) is 0 Å². The van der Waals surface area contributed by atoms with Gasteiger partial charge >= 0.3 is 0 Å². The van der Waals surface area contributed by atoms with Gasteiger partial charge < -0.3 is 4.90 Å². The van der Waals surface area contributed by atoms with Gasteiger partial charge in [0.15, 0.2) is 0 Å². The normalized spacial score (nSPS) is 11.1. The molecule has 0 aliphatic rings. The summed E-state index contributed by atoms with van der Waals surface area (Å²) in [6, 6.07) is 32.8. The van der Waals surface area contributed by atoms with E-state index in [0.29, 0.717) is 0 Å². The zero-order valence-electron chi connectivity index (χ0n) is 18.8. The van der Waals surface area contributed by atoms with E-state index in [0.717, 1.165) is 17.1 Å². The van der Waals surface area contributed by atoms with Crippen LogP contribution in [0, 0.1) is 27.7 Å². The highest BCUT2D eigenvalue weighted by atomic mass is 15.1. The second-order valence-corrected chi connectivity index (χ2v) is 8.35. The van der Waals surface area contributed by atoms with Crippen LogP contribution in [-0.4, -0.2) is 0 Å². The number of hydrogen-bond acceptors (Lipinski definition) is 1. The van der Waals surface area contributed by atoms with Gasteiger partial charge in [-0.2, -0.15) is 0 Å². The predicted octanol–water partition coefficient (Wildman–Crippen LogP) is 8.56. The smallest absolute Gasteiger partial charge is 0.0470 e. The Labute approximate surface area is 186 Å². The quantitative estimate of drug-likeness (QED) is 0.302. The van der Waals surface area contributed by atoms with Gasteiger partial charge in [-0.15, -0.1) is 0 Å². The van der Waals surface area contributed by atoms with Crippen molar-refractivity contribution in [3.05, 3.63) is 124 Å². The largest absolute Gasteiger partial charge is 0.310 e. The van der Waals surface area contributed by atoms with Gasteiger partial charge in [0.25, 0.3) is 0 Å². The van der Waals surface area contributed by atoms with Crippen LogP contribution in [0.3, 0.4) is 0 Å². The van der Waals surface area contributed by atoms with Crippen molar-refractivity contribution < 1.29 is 0 Å². The van der Waals surface area contributed by atoms with E-state index in [1.54, 1.807) is 0 Å². The van der Waals surface area contributed by atoms with Gasteiger partial charge in [0.05, 0.1) is 0 Å². The summed E-state index contributed by atoms with van der Waals surface area (Å²) in [5, 5.41) is 0. The highest BCUT2D eigenvalue weighted by molar-refractivity contribution is 5.80. The Kier molecular flexibility index (Phi) is 6.04. The average Bonchev–Trinajstić information content (AvgIpc) is 2.76. The van der Waals surface area contributed by atoms with E-state index in [9.17, 15) is 0 Å². The van der Waals surface area contributed by atoms with Gasteiger partial charge in [-0.3, -0.25) is 0 Å². The molecule has 1 heteroatoms. The van der Waals surface area contributed by atoms with E-state index in [-0.39, 0.29) is 0 Å². The lowest BCUT2D eigenvalue weighted by molar-refractivity contribution is 1.26. The molecular formula is C30H29N. The van der Waals surface area contributed by atoms with Crippen LogP contribution < -0.4 is 4.90 Å². The first-order chi connectivity index (χ1) is 15.0. The first-order valence-electron chi connectivity index (χ1n) is 10.8. The Hall–Kier alpha value is -3.58. The Morgan fingerprint density at radius 1 is 0.419 bits per heavy atom. The van der Waals surface area contributed by atoms with Crippen molar-refractivity contribution in [3.8, 4) is 0 Å². The molecular weight excluding hydrogens is 374 g/mol. The zero-order chi connectivity index (χ0) is 21.8. The average molecular weight is 404 g/mol. The third-order valence-electron chi connectivity index (χ3n) is 5.47. The molecule has 0 aromatic heterocycles. The molecule has 0 radical (unpaired) electrons. The molecule has 0 spiro atoms. The summed E-state index contributed by atoms with van der Waals surface area (Å²) in [6.07, 6.45) is 4.38. The molecule has 0 N–H and O–H groups in total. The summed E-state index contributed by atoms with van der Waals surface area (Å²) in [5.74, 6) is 0. The maximum Gasteiger partial charge on any atom is 0.0470 e. The van der Waals surface area contributed by atoms with Crippen molar-refractivity contribution >= 4 is 29.2 Å². The highest BCUT2D eigenvalue weighted by Crippen LogP contribution is 2.36. The number of anilines is 3. The van der Waals surface area contributed by atoms with Gasteiger partial charge in [0.2, 0.25) is 0 Å². The van der Waals surface area contributed by atoms with Crippen LogP contribution in [0.2, 0.25) is 0 Å². The van der Waals surface area contributed by atoms with Crippen LogP contribution in [0.1, 0.15) is 33.4 Å². The Morgan fingerprint density at radius 2 is 0.871 bits per heavy atom. The van der Waals surface area contributed by atoms with Gasteiger partial charge in [-0.1, -0.05) is 83.4 Å². The molecule has 1 nitrogen and oxygen atoms in total. The Morgan fingerprint density at radius 3 is 1.39 bits per heavy atom. The number of hydrogen-bond donors (Lipinski definition) is 0. The monoisotopic (exact) mass is 403 g/mol. The SMILES string of the molecule is Cc1ccc(C=Cc2cc(C)cc(N(c3ccc(C)cc3)c3ccc(C)cc3)c2)cc1. The minimum atomic E-state index is 1.16. The van der Waals surface area contributed by atoms with E-state index < -0.39 is 0 Å². The van der Waals surface area contributed by atoms with Crippen LogP contribution >= 0.6 is 0 Å². The molecule has 0 saturated carbocycles. The van der Waals surface area contributed by atoms with Gasteiger partial charge in [0, 0.05) is 17.1 Å². The predicted molar refractivity (Wildman–Crippen MR) is 135 cm³/mol. The molecule has 0 bridgehead atoms. The fraction of sp³-hybridized carbons (Fsp3) is 0.133. The number of aryl methyl sites for hydroxylation is 4. The van der Waals surface area contributed by atoms with Crippen molar-refractivity contribution in [3.63, 3.8) is 0 Å². The summed E-state index contributed by atoms with van der Waals surface area (Å²) in [5.41, 5.74) is 10.9.